The number of aromatic nitrogens is 2. The van der Waals surface area contributed by atoms with E-state index < -0.39 is 28.5 Å². The molecule has 0 aliphatic carbocycles. The predicted molar refractivity (Wildman–Crippen MR) is 70.1 cm³/mol. The van der Waals surface area contributed by atoms with Gasteiger partial charge in [-0.05, 0) is 6.42 Å². The maximum Gasteiger partial charge on any atom is 0.405 e. The second-order valence-electron chi connectivity index (χ2n) is 4.69. The van der Waals surface area contributed by atoms with Crippen molar-refractivity contribution in [3.63, 3.8) is 0 Å². The monoisotopic (exact) mass is 359 g/mol. The van der Waals surface area contributed by atoms with Gasteiger partial charge in [0.1, 0.15) is 6.54 Å². The van der Waals surface area contributed by atoms with Crippen molar-refractivity contribution in [2.24, 2.45) is 0 Å². The highest BCUT2D eigenvalue weighted by Crippen LogP contribution is 2.29. The third-order valence-corrected chi connectivity index (χ3v) is 5.40. The molecule has 1 saturated heterocycles. The smallest absolute Gasteiger partial charge is 0.405 e. The van der Waals surface area contributed by atoms with Crippen molar-refractivity contribution < 1.29 is 30.8 Å². The van der Waals surface area contributed by atoms with Gasteiger partial charge in [0.05, 0.1) is 23.2 Å². The quantitative estimate of drug-likeness (QED) is 0.774. The minimum atomic E-state index is -4.47. The number of carbonyl (C=O) groups excluding carboxylic acids is 1. The molecule has 1 atom stereocenters. The summed E-state index contributed by atoms with van der Waals surface area (Å²) in [5.41, 5.74) is 0. The van der Waals surface area contributed by atoms with Crippen molar-refractivity contribution in [2.45, 2.75) is 23.7 Å². The molecule has 1 fully saturated rings. The molecule has 0 spiro atoms. The minimum Gasteiger partial charge on any atom is -0.416 e. The van der Waals surface area contributed by atoms with Crippen LogP contribution in [0.2, 0.25) is 0 Å². The average Bonchev–Trinajstić information content (AvgIpc) is 2.99. The Bertz CT molecular complexity index is 644. The summed E-state index contributed by atoms with van der Waals surface area (Å²) in [6.07, 6.45) is -4.08. The van der Waals surface area contributed by atoms with Crippen LogP contribution in [-0.2, 0) is 14.6 Å². The summed E-state index contributed by atoms with van der Waals surface area (Å²) in [5.74, 6) is -1.33. The molecule has 1 aromatic heterocycles. The number of alkyl halides is 3. The van der Waals surface area contributed by atoms with Gasteiger partial charge in [0, 0.05) is 0 Å². The topological polar surface area (TPSA) is 102 Å². The van der Waals surface area contributed by atoms with Crippen LogP contribution in [0.4, 0.5) is 13.2 Å². The van der Waals surface area contributed by atoms with E-state index in [9.17, 15) is 26.4 Å². The number of sulfone groups is 1. The first-order valence-electron chi connectivity index (χ1n) is 6.15. The van der Waals surface area contributed by atoms with Crippen LogP contribution in [0.25, 0.3) is 0 Å². The van der Waals surface area contributed by atoms with E-state index in [1.807, 2.05) is 0 Å². The highest BCUT2D eigenvalue weighted by atomic mass is 32.2. The van der Waals surface area contributed by atoms with Crippen molar-refractivity contribution in [2.75, 3.05) is 23.8 Å². The summed E-state index contributed by atoms with van der Waals surface area (Å²) in [6, 6.07) is 0. The lowest BCUT2D eigenvalue weighted by atomic mass is 10.1. The molecule has 2 rings (SSSR count). The van der Waals surface area contributed by atoms with Crippen LogP contribution in [0, 0.1) is 0 Å². The van der Waals surface area contributed by atoms with E-state index in [-0.39, 0.29) is 34.3 Å². The molecule has 0 bridgehead atoms. The Hall–Kier alpha value is -1.30. The maximum absolute atomic E-state index is 11.9. The van der Waals surface area contributed by atoms with Crippen LogP contribution in [-0.4, -0.2) is 54.5 Å². The number of amides is 1. The largest absolute Gasteiger partial charge is 0.416 e. The van der Waals surface area contributed by atoms with E-state index in [0.29, 0.717) is 6.42 Å². The fraction of sp³-hybridized carbons (Fsp3) is 0.700. The van der Waals surface area contributed by atoms with Crippen molar-refractivity contribution in [1.29, 1.82) is 0 Å². The van der Waals surface area contributed by atoms with Gasteiger partial charge in [-0.25, -0.2) is 8.42 Å². The highest BCUT2D eigenvalue weighted by molar-refractivity contribution is 7.99. The van der Waals surface area contributed by atoms with Crippen LogP contribution in [0.15, 0.2) is 9.64 Å². The first kappa shape index (κ1) is 17.1. The number of rotatable bonds is 5. The number of nitrogens with one attached hydrogen (secondary N) is 1. The zero-order valence-corrected chi connectivity index (χ0v) is 12.7. The Morgan fingerprint density at radius 2 is 2.14 bits per heavy atom. The number of thioether (sulfide) groups is 1. The summed E-state index contributed by atoms with van der Waals surface area (Å²) < 4.78 is 63.6. The number of halogens is 3. The molecule has 12 heteroatoms. The summed E-state index contributed by atoms with van der Waals surface area (Å²) in [4.78, 5) is 11.2. The first-order valence-corrected chi connectivity index (χ1v) is 8.95. The normalized spacial score (nSPS) is 21.0. The fourth-order valence-corrected chi connectivity index (χ4v) is 4.14. The van der Waals surface area contributed by atoms with Gasteiger partial charge >= 0.3 is 6.18 Å². The molecule has 0 aromatic carbocycles. The molecule has 22 heavy (non-hydrogen) atoms. The Morgan fingerprint density at radius 3 is 2.73 bits per heavy atom. The lowest BCUT2D eigenvalue weighted by molar-refractivity contribution is -0.136. The molecular weight excluding hydrogens is 347 g/mol. The minimum absolute atomic E-state index is 0.0152. The third-order valence-electron chi connectivity index (χ3n) is 2.82. The number of hydrogen-bond donors (Lipinski definition) is 1. The molecule has 7 nitrogen and oxygen atoms in total. The van der Waals surface area contributed by atoms with Gasteiger partial charge in [0.15, 0.2) is 9.84 Å². The van der Waals surface area contributed by atoms with Gasteiger partial charge in [-0.15, -0.1) is 10.2 Å². The highest BCUT2D eigenvalue weighted by Gasteiger charge is 2.33. The molecule has 1 aromatic rings. The maximum atomic E-state index is 11.9. The molecule has 0 unspecified atom stereocenters. The van der Waals surface area contributed by atoms with Gasteiger partial charge in [-0.3, -0.25) is 4.79 Å². The second-order valence-corrected chi connectivity index (χ2v) is 7.84. The van der Waals surface area contributed by atoms with Gasteiger partial charge < -0.3 is 9.73 Å². The van der Waals surface area contributed by atoms with Crippen LogP contribution in [0.5, 0.6) is 0 Å². The van der Waals surface area contributed by atoms with Gasteiger partial charge in [-0.2, -0.15) is 13.2 Å². The van der Waals surface area contributed by atoms with Gasteiger partial charge in [-0.1, -0.05) is 11.8 Å². The van der Waals surface area contributed by atoms with E-state index in [1.54, 1.807) is 5.32 Å². The third kappa shape index (κ3) is 5.16. The van der Waals surface area contributed by atoms with Gasteiger partial charge in [0.2, 0.25) is 11.8 Å². The predicted octanol–water partition coefficient (Wildman–Crippen LogP) is 0.742. The van der Waals surface area contributed by atoms with Gasteiger partial charge in [0.25, 0.3) is 5.22 Å². The summed E-state index contributed by atoms with van der Waals surface area (Å²) >= 11 is 0.790. The molecule has 1 N–H and O–H groups in total. The fourth-order valence-electron chi connectivity index (χ4n) is 1.81. The van der Waals surface area contributed by atoms with Crippen LogP contribution < -0.4 is 5.32 Å². The van der Waals surface area contributed by atoms with Crippen LogP contribution in [0.3, 0.4) is 0 Å². The zero-order chi connectivity index (χ0) is 16.4. The Morgan fingerprint density at radius 1 is 1.41 bits per heavy atom. The molecule has 0 saturated carbocycles. The number of carbonyl (C=O) groups is 1. The van der Waals surface area contributed by atoms with Crippen molar-refractivity contribution in [3.05, 3.63) is 5.89 Å². The van der Waals surface area contributed by atoms with Crippen LogP contribution >= 0.6 is 11.8 Å². The van der Waals surface area contributed by atoms with Crippen molar-refractivity contribution in [3.8, 4) is 0 Å². The van der Waals surface area contributed by atoms with Crippen molar-refractivity contribution in [1.82, 2.24) is 15.5 Å². The molecule has 0 radical (unpaired) electrons. The lowest BCUT2D eigenvalue weighted by Crippen LogP contribution is -2.34. The molecule has 1 amide bonds. The Labute approximate surface area is 128 Å². The summed E-state index contributed by atoms with van der Waals surface area (Å²) in [6.45, 7) is -1.40. The average molecular weight is 359 g/mol. The molecule has 1 aliphatic heterocycles. The molecule has 124 valence electrons. The van der Waals surface area contributed by atoms with E-state index in [4.69, 9.17) is 4.42 Å². The van der Waals surface area contributed by atoms with Crippen molar-refractivity contribution >= 4 is 27.5 Å². The summed E-state index contributed by atoms with van der Waals surface area (Å²) in [7, 11) is -3.09. The SMILES string of the molecule is O=C(CSc1nnc([C@@H]2CCS(=O)(=O)C2)o1)NCC(F)(F)F. The number of hydrogen-bond acceptors (Lipinski definition) is 7. The lowest BCUT2D eigenvalue weighted by Gasteiger charge is -2.07. The Balaban J connectivity index is 1.81. The van der Waals surface area contributed by atoms with Crippen LogP contribution in [0.1, 0.15) is 18.2 Å². The van der Waals surface area contributed by atoms with E-state index >= 15 is 0 Å². The van der Waals surface area contributed by atoms with E-state index in [0.717, 1.165) is 11.8 Å². The standard InChI is InChI=1S/C10H12F3N3O4S2/c11-10(12,13)5-14-7(17)3-21-9-16-15-8(20-9)6-1-2-22(18,19)4-6/h6H,1-5H2,(H,14,17)/t6-/m1/s1. The summed E-state index contributed by atoms with van der Waals surface area (Å²) in [5, 5.41) is 9.08. The molecule has 2 heterocycles. The molecular formula is C10H12F3N3O4S2. The van der Waals surface area contributed by atoms with E-state index in [1.165, 1.54) is 0 Å². The first-order chi connectivity index (χ1) is 10.1. The molecule has 1 aliphatic rings. The number of nitrogens with zero attached hydrogens (tertiary/aromatic N) is 2. The Kier molecular flexibility index (Phi) is 5.00. The zero-order valence-electron chi connectivity index (χ0n) is 11.1. The second kappa shape index (κ2) is 6.44. The van der Waals surface area contributed by atoms with E-state index in [2.05, 4.69) is 10.2 Å².